The molecule has 1 heterocycles. The van der Waals surface area contributed by atoms with E-state index in [4.69, 9.17) is 4.74 Å². The molecule has 1 rings (SSSR count). The van der Waals surface area contributed by atoms with Gasteiger partial charge in [0, 0.05) is 0 Å². The number of quaternary nitrogens is 1. The Balaban J connectivity index is 2.43. The maximum atomic E-state index is 11.2. The minimum atomic E-state index is -0.765. The molecule has 0 spiro atoms. The van der Waals surface area contributed by atoms with E-state index in [0.29, 0.717) is 5.75 Å². The van der Waals surface area contributed by atoms with Gasteiger partial charge in [-0.25, -0.2) is 0 Å². The standard InChI is InChI=1S/C8H18NO2S/c1-7-11-8(6-12(7)10)5-9(2,3)4/h7-8H,5-6H2,1-4H3/q+1/t7-,8+,12?/m0/s1. The Hall–Kier alpha value is 0.0700. The second-order valence-electron chi connectivity index (χ2n) is 4.35. The van der Waals surface area contributed by atoms with Crippen molar-refractivity contribution in [1.82, 2.24) is 0 Å². The highest BCUT2D eigenvalue weighted by Gasteiger charge is 2.32. The molecule has 0 bridgehead atoms. The molecule has 3 nitrogen and oxygen atoms in total. The number of hydrogen-bond acceptors (Lipinski definition) is 2. The summed E-state index contributed by atoms with van der Waals surface area (Å²) in [5.74, 6) is 0.705. The predicted molar refractivity (Wildman–Crippen MR) is 50.2 cm³/mol. The average molecular weight is 192 g/mol. The monoisotopic (exact) mass is 192 g/mol. The molecule has 0 amide bonds. The van der Waals surface area contributed by atoms with Gasteiger partial charge in [-0.15, -0.1) is 0 Å². The Bertz CT molecular complexity index is 188. The van der Waals surface area contributed by atoms with E-state index in [1.165, 1.54) is 0 Å². The van der Waals surface area contributed by atoms with Gasteiger partial charge in [-0.2, -0.15) is 0 Å². The number of hydrogen-bond donors (Lipinski definition) is 0. The van der Waals surface area contributed by atoms with Crippen molar-refractivity contribution in [3.63, 3.8) is 0 Å². The minimum absolute atomic E-state index is 0.0680. The molecule has 1 aliphatic rings. The third-order valence-electron chi connectivity index (χ3n) is 1.86. The lowest BCUT2D eigenvalue weighted by molar-refractivity contribution is -0.873. The van der Waals surface area contributed by atoms with Crippen LogP contribution in [0.1, 0.15) is 6.92 Å². The highest BCUT2D eigenvalue weighted by atomic mass is 32.2. The highest BCUT2D eigenvalue weighted by Crippen LogP contribution is 2.16. The molecule has 0 radical (unpaired) electrons. The van der Waals surface area contributed by atoms with Crippen LogP contribution in [-0.4, -0.2) is 53.7 Å². The maximum Gasteiger partial charge on any atom is 0.130 e. The van der Waals surface area contributed by atoms with Crippen LogP contribution in [0, 0.1) is 0 Å². The van der Waals surface area contributed by atoms with Crippen molar-refractivity contribution in [3.05, 3.63) is 0 Å². The first-order valence-electron chi connectivity index (χ1n) is 4.21. The largest absolute Gasteiger partial charge is 0.355 e. The van der Waals surface area contributed by atoms with Gasteiger partial charge < -0.3 is 9.22 Å². The van der Waals surface area contributed by atoms with Crippen molar-refractivity contribution >= 4 is 10.8 Å². The molecule has 72 valence electrons. The van der Waals surface area contributed by atoms with Crippen molar-refractivity contribution in [3.8, 4) is 0 Å². The van der Waals surface area contributed by atoms with Gasteiger partial charge in [0.1, 0.15) is 18.1 Å². The van der Waals surface area contributed by atoms with Crippen molar-refractivity contribution < 1.29 is 13.4 Å². The zero-order valence-corrected chi connectivity index (χ0v) is 9.06. The predicted octanol–water partition coefficient (Wildman–Crippen LogP) is 0.186. The molecular weight excluding hydrogens is 174 g/mol. The first-order valence-corrected chi connectivity index (χ1v) is 5.60. The lowest BCUT2D eigenvalue weighted by Crippen LogP contribution is -2.42. The first-order chi connectivity index (χ1) is 5.38. The van der Waals surface area contributed by atoms with Gasteiger partial charge in [0.2, 0.25) is 0 Å². The smallest absolute Gasteiger partial charge is 0.130 e. The molecule has 1 saturated heterocycles. The van der Waals surface area contributed by atoms with E-state index in [1.807, 2.05) is 6.92 Å². The number of rotatable bonds is 2. The summed E-state index contributed by atoms with van der Waals surface area (Å²) in [7, 11) is 5.60. The topological polar surface area (TPSA) is 26.3 Å². The molecular formula is C8H18NO2S+. The molecule has 0 N–H and O–H groups in total. The second kappa shape index (κ2) is 3.44. The van der Waals surface area contributed by atoms with Gasteiger partial charge >= 0.3 is 0 Å². The van der Waals surface area contributed by atoms with Crippen LogP contribution in [-0.2, 0) is 15.5 Å². The lowest BCUT2D eigenvalue weighted by atomic mass is 10.3. The van der Waals surface area contributed by atoms with Crippen LogP contribution < -0.4 is 0 Å². The van der Waals surface area contributed by atoms with Crippen molar-refractivity contribution in [2.45, 2.75) is 18.5 Å². The van der Waals surface area contributed by atoms with E-state index in [9.17, 15) is 4.21 Å². The molecule has 0 aliphatic carbocycles. The maximum absolute atomic E-state index is 11.2. The fourth-order valence-corrected chi connectivity index (χ4v) is 2.50. The summed E-state index contributed by atoms with van der Waals surface area (Å²) in [6.07, 6.45) is 0.181. The highest BCUT2D eigenvalue weighted by molar-refractivity contribution is 7.85. The summed E-state index contributed by atoms with van der Waals surface area (Å²) in [4.78, 5) is 0. The van der Waals surface area contributed by atoms with Crippen LogP contribution in [0.3, 0.4) is 0 Å². The van der Waals surface area contributed by atoms with E-state index in [2.05, 4.69) is 21.1 Å². The fourth-order valence-electron chi connectivity index (χ4n) is 1.40. The summed E-state index contributed by atoms with van der Waals surface area (Å²) in [6.45, 7) is 2.82. The van der Waals surface area contributed by atoms with Crippen molar-refractivity contribution in [2.75, 3.05) is 33.4 Å². The van der Waals surface area contributed by atoms with Crippen molar-refractivity contribution in [2.24, 2.45) is 0 Å². The Morgan fingerprint density at radius 2 is 2.08 bits per heavy atom. The van der Waals surface area contributed by atoms with Crippen LogP contribution in [0.15, 0.2) is 0 Å². The van der Waals surface area contributed by atoms with E-state index >= 15 is 0 Å². The molecule has 1 aliphatic heterocycles. The molecule has 4 heteroatoms. The van der Waals surface area contributed by atoms with Gasteiger partial charge in [0.15, 0.2) is 0 Å². The normalized spacial score (nSPS) is 37.2. The Labute approximate surface area is 76.7 Å². The second-order valence-corrected chi connectivity index (χ2v) is 6.10. The average Bonchev–Trinajstić information content (AvgIpc) is 2.07. The third-order valence-corrected chi connectivity index (χ3v) is 3.41. The Morgan fingerprint density at radius 3 is 2.42 bits per heavy atom. The molecule has 0 aromatic rings. The van der Waals surface area contributed by atoms with E-state index in [0.717, 1.165) is 11.0 Å². The summed E-state index contributed by atoms with van der Waals surface area (Å²) < 4.78 is 17.7. The van der Waals surface area contributed by atoms with Gasteiger partial charge in [0.25, 0.3) is 0 Å². The Morgan fingerprint density at radius 1 is 1.50 bits per heavy atom. The van der Waals surface area contributed by atoms with E-state index in [1.54, 1.807) is 0 Å². The summed E-state index contributed by atoms with van der Waals surface area (Å²) in [6, 6.07) is 0. The zero-order chi connectivity index (χ0) is 9.35. The van der Waals surface area contributed by atoms with Crippen LogP contribution in [0.2, 0.25) is 0 Å². The number of ether oxygens (including phenoxy) is 1. The Kier molecular flexibility index (Phi) is 2.91. The molecule has 1 fully saturated rings. The summed E-state index contributed by atoms with van der Waals surface area (Å²) in [5, 5.41) is 0. The number of nitrogens with zero attached hydrogens (tertiary/aromatic N) is 1. The molecule has 12 heavy (non-hydrogen) atoms. The minimum Gasteiger partial charge on any atom is -0.355 e. The zero-order valence-electron chi connectivity index (χ0n) is 8.24. The molecule has 0 aromatic heterocycles. The SMILES string of the molecule is C[C@H]1O[C@H](C[N+](C)(C)C)CS1=O. The third kappa shape index (κ3) is 2.84. The first kappa shape index (κ1) is 10.2. The molecule has 3 atom stereocenters. The quantitative estimate of drug-likeness (QED) is 0.584. The van der Waals surface area contributed by atoms with E-state index in [-0.39, 0.29) is 11.5 Å². The van der Waals surface area contributed by atoms with Crippen LogP contribution in [0.4, 0.5) is 0 Å². The van der Waals surface area contributed by atoms with Crippen LogP contribution >= 0.6 is 0 Å². The van der Waals surface area contributed by atoms with Crippen LogP contribution in [0.5, 0.6) is 0 Å². The van der Waals surface area contributed by atoms with Crippen molar-refractivity contribution in [1.29, 1.82) is 0 Å². The number of likely N-dealkylation sites (N-methyl/N-ethyl adjacent to an activating group) is 1. The summed E-state index contributed by atoms with van der Waals surface area (Å²) >= 11 is 0. The van der Waals surface area contributed by atoms with Gasteiger partial charge in [0.05, 0.1) is 37.7 Å². The lowest BCUT2D eigenvalue weighted by Gasteiger charge is -2.26. The van der Waals surface area contributed by atoms with Crippen LogP contribution in [0.25, 0.3) is 0 Å². The fraction of sp³-hybridized carbons (Fsp3) is 1.00. The van der Waals surface area contributed by atoms with Gasteiger partial charge in [-0.05, 0) is 6.92 Å². The van der Waals surface area contributed by atoms with Gasteiger partial charge in [-0.3, -0.25) is 4.21 Å². The summed E-state index contributed by atoms with van der Waals surface area (Å²) in [5.41, 5.74) is -0.0680. The molecule has 1 unspecified atom stereocenters. The van der Waals surface area contributed by atoms with E-state index < -0.39 is 10.8 Å². The molecule has 0 aromatic carbocycles. The molecule has 0 saturated carbocycles. The van der Waals surface area contributed by atoms with Gasteiger partial charge in [-0.1, -0.05) is 0 Å².